The van der Waals surface area contributed by atoms with E-state index in [0.717, 1.165) is 13.0 Å². The molecule has 0 bridgehead atoms. The van der Waals surface area contributed by atoms with Gasteiger partial charge in [0.25, 0.3) is 0 Å². The van der Waals surface area contributed by atoms with E-state index in [1.54, 1.807) is 14.2 Å². The predicted octanol–water partition coefficient (Wildman–Crippen LogP) is 0.408. The summed E-state index contributed by atoms with van der Waals surface area (Å²) in [5, 5.41) is 3.23. The number of hydrogen-bond donors (Lipinski definition) is 1. The Morgan fingerprint density at radius 2 is 1.81 bits per heavy atom. The molecule has 0 fully saturated rings. The normalized spacial score (nSPS) is 14.3. The molecule has 0 aromatic rings. The van der Waals surface area contributed by atoms with E-state index in [1.807, 2.05) is 0 Å². The van der Waals surface area contributed by atoms with Crippen molar-refractivity contribution in [1.29, 1.82) is 0 Å². The average molecular weight is 253 g/mol. The number of rotatable bonds is 9. The Balaban J connectivity index is 4.29. The highest BCUT2D eigenvalue weighted by atomic mass is 32.2. The summed E-state index contributed by atoms with van der Waals surface area (Å²) in [5.74, 6) is 0.137. The molecule has 1 atom stereocenters. The number of sulfone groups is 1. The van der Waals surface area contributed by atoms with Gasteiger partial charge in [-0.2, -0.15) is 0 Å². The molecule has 0 aliphatic heterocycles. The van der Waals surface area contributed by atoms with Crippen LogP contribution < -0.4 is 5.32 Å². The second-order valence-corrected chi connectivity index (χ2v) is 6.08. The van der Waals surface area contributed by atoms with E-state index in [2.05, 4.69) is 12.2 Å². The van der Waals surface area contributed by atoms with Gasteiger partial charge in [-0.3, -0.25) is 0 Å². The molecule has 0 radical (unpaired) electrons. The molecule has 0 aliphatic rings. The molecule has 1 N–H and O–H groups in total. The largest absolute Gasteiger partial charge is 0.354 e. The fourth-order valence-electron chi connectivity index (χ4n) is 1.43. The van der Waals surface area contributed by atoms with E-state index in [0.29, 0.717) is 6.42 Å². The van der Waals surface area contributed by atoms with Crippen molar-refractivity contribution in [3.05, 3.63) is 0 Å². The Labute approximate surface area is 98.4 Å². The fourth-order valence-corrected chi connectivity index (χ4v) is 2.11. The molecule has 6 heteroatoms. The van der Waals surface area contributed by atoms with Crippen LogP contribution in [0.25, 0.3) is 0 Å². The first kappa shape index (κ1) is 15.8. The molecule has 0 aromatic heterocycles. The lowest BCUT2D eigenvalue weighted by Gasteiger charge is -2.25. The summed E-state index contributed by atoms with van der Waals surface area (Å²) in [7, 11) is 0.156. The summed E-state index contributed by atoms with van der Waals surface area (Å²) in [6.45, 7) is 2.87. The van der Waals surface area contributed by atoms with Gasteiger partial charge in [0.15, 0.2) is 6.29 Å². The van der Waals surface area contributed by atoms with Crippen LogP contribution in [0.15, 0.2) is 0 Å². The SMILES string of the molecule is CCCNC(CCS(C)(=O)=O)C(OC)OC. The number of nitrogens with one attached hydrogen (secondary N) is 1. The van der Waals surface area contributed by atoms with Gasteiger partial charge in [-0.1, -0.05) is 6.92 Å². The van der Waals surface area contributed by atoms with E-state index in [4.69, 9.17) is 9.47 Å². The zero-order valence-corrected chi connectivity index (χ0v) is 11.3. The number of ether oxygens (including phenoxy) is 2. The minimum atomic E-state index is -2.95. The lowest BCUT2D eigenvalue weighted by Crippen LogP contribution is -2.43. The Morgan fingerprint density at radius 3 is 2.19 bits per heavy atom. The van der Waals surface area contributed by atoms with Crippen LogP contribution in [0.5, 0.6) is 0 Å². The predicted molar refractivity (Wildman–Crippen MR) is 64.2 cm³/mol. The van der Waals surface area contributed by atoms with Crippen molar-refractivity contribution >= 4 is 9.84 Å². The first-order valence-corrected chi connectivity index (χ1v) is 7.47. The smallest absolute Gasteiger partial charge is 0.172 e. The lowest BCUT2D eigenvalue weighted by atomic mass is 10.2. The minimum absolute atomic E-state index is 0.0929. The second kappa shape index (κ2) is 8.00. The standard InChI is InChI=1S/C10H23NO4S/c1-5-7-11-9(10(14-2)15-3)6-8-16(4,12)13/h9-11H,5-8H2,1-4H3. The third-order valence-electron chi connectivity index (χ3n) is 2.25. The van der Waals surface area contributed by atoms with Crippen LogP contribution in [-0.2, 0) is 19.3 Å². The number of methoxy groups -OCH3 is 2. The molecular weight excluding hydrogens is 230 g/mol. The van der Waals surface area contributed by atoms with Gasteiger partial charge in [0, 0.05) is 20.5 Å². The first-order valence-electron chi connectivity index (χ1n) is 5.41. The van der Waals surface area contributed by atoms with Crippen LogP contribution in [0, 0.1) is 0 Å². The molecule has 0 rings (SSSR count). The molecule has 0 heterocycles. The summed E-state index contributed by atoms with van der Waals surface area (Å²) in [6, 6.07) is -0.0929. The van der Waals surface area contributed by atoms with Crippen LogP contribution in [0.2, 0.25) is 0 Å². The molecule has 5 nitrogen and oxygen atoms in total. The summed E-state index contributed by atoms with van der Waals surface area (Å²) in [6.07, 6.45) is 2.30. The second-order valence-electron chi connectivity index (χ2n) is 3.82. The summed E-state index contributed by atoms with van der Waals surface area (Å²) < 4.78 is 32.5. The molecule has 98 valence electrons. The topological polar surface area (TPSA) is 64.6 Å². The van der Waals surface area contributed by atoms with Crippen LogP contribution in [0.1, 0.15) is 19.8 Å². The first-order chi connectivity index (χ1) is 7.44. The van der Waals surface area contributed by atoms with Crippen molar-refractivity contribution in [2.75, 3.05) is 32.8 Å². The van der Waals surface area contributed by atoms with Gasteiger partial charge in [0.05, 0.1) is 11.8 Å². The van der Waals surface area contributed by atoms with Gasteiger partial charge >= 0.3 is 0 Å². The number of hydrogen-bond acceptors (Lipinski definition) is 5. The molecule has 1 unspecified atom stereocenters. The van der Waals surface area contributed by atoms with Crippen LogP contribution in [0.3, 0.4) is 0 Å². The fraction of sp³-hybridized carbons (Fsp3) is 1.00. The third-order valence-corrected chi connectivity index (χ3v) is 3.23. The molecule has 16 heavy (non-hydrogen) atoms. The maximum Gasteiger partial charge on any atom is 0.172 e. The van der Waals surface area contributed by atoms with Crippen molar-refractivity contribution < 1.29 is 17.9 Å². The van der Waals surface area contributed by atoms with Gasteiger partial charge in [-0.25, -0.2) is 8.42 Å². The highest BCUT2D eigenvalue weighted by Gasteiger charge is 2.21. The monoisotopic (exact) mass is 253 g/mol. The molecule has 0 amide bonds. The minimum Gasteiger partial charge on any atom is -0.354 e. The summed E-state index contributed by atoms with van der Waals surface area (Å²) in [5.41, 5.74) is 0. The summed E-state index contributed by atoms with van der Waals surface area (Å²) >= 11 is 0. The lowest BCUT2D eigenvalue weighted by molar-refractivity contribution is -0.123. The Bertz CT molecular complexity index is 262. The van der Waals surface area contributed by atoms with Crippen molar-refractivity contribution in [3.8, 4) is 0 Å². The van der Waals surface area contributed by atoms with Crippen molar-refractivity contribution in [3.63, 3.8) is 0 Å². The van der Waals surface area contributed by atoms with E-state index in [-0.39, 0.29) is 11.8 Å². The van der Waals surface area contributed by atoms with Crippen LogP contribution in [-0.4, -0.2) is 53.5 Å². The van der Waals surface area contributed by atoms with Crippen molar-refractivity contribution in [2.24, 2.45) is 0 Å². The molecule has 0 aromatic carbocycles. The Morgan fingerprint density at radius 1 is 1.25 bits per heavy atom. The quantitative estimate of drug-likeness (QED) is 0.603. The van der Waals surface area contributed by atoms with E-state index < -0.39 is 16.1 Å². The molecule has 0 saturated carbocycles. The van der Waals surface area contributed by atoms with Gasteiger partial charge in [-0.05, 0) is 19.4 Å². The average Bonchev–Trinajstić information content (AvgIpc) is 2.21. The highest BCUT2D eigenvalue weighted by Crippen LogP contribution is 2.06. The van der Waals surface area contributed by atoms with Gasteiger partial charge in [0.1, 0.15) is 9.84 Å². The van der Waals surface area contributed by atoms with Crippen molar-refractivity contribution in [1.82, 2.24) is 5.32 Å². The Hall–Kier alpha value is -0.170. The van der Waals surface area contributed by atoms with Gasteiger partial charge in [0.2, 0.25) is 0 Å². The van der Waals surface area contributed by atoms with E-state index >= 15 is 0 Å². The van der Waals surface area contributed by atoms with Crippen molar-refractivity contribution in [2.45, 2.75) is 32.1 Å². The maximum atomic E-state index is 11.1. The molecule has 0 aliphatic carbocycles. The maximum absolute atomic E-state index is 11.1. The third kappa shape index (κ3) is 7.16. The molecular formula is C10H23NO4S. The zero-order chi connectivity index (χ0) is 12.6. The zero-order valence-electron chi connectivity index (χ0n) is 10.5. The molecule has 0 spiro atoms. The molecule has 0 saturated heterocycles. The summed E-state index contributed by atoms with van der Waals surface area (Å²) in [4.78, 5) is 0. The van der Waals surface area contributed by atoms with E-state index in [9.17, 15) is 8.42 Å². The highest BCUT2D eigenvalue weighted by molar-refractivity contribution is 7.90. The van der Waals surface area contributed by atoms with Gasteiger partial charge in [-0.15, -0.1) is 0 Å². The Kier molecular flexibility index (Phi) is 7.91. The van der Waals surface area contributed by atoms with Crippen LogP contribution in [0.4, 0.5) is 0 Å². The van der Waals surface area contributed by atoms with Crippen LogP contribution >= 0.6 is 0 Å². The van der Waals surface area contributed by atoms with E-state index in [1.165, 1.54) is 6.26 Å². The van der Waals surface area contributed by atoms with Gasteiger partial charge < -0.3 is 14.8 Å².